The first-order chi connectivity index (χ1) is 10.7. The quantitative estimate of drug-likeness (QED) is 0.912. The minimum absolute atomic E-state index is 0.275. The highest BCUT2D eigenvalue weighted by atomic mass is 16.5. The van der Waals surface area contributed by atoms with E-state index in [2.05, 4.69) is 22.8 Å². The first kappa shape index (κ1) is 15.7. The van der Waals surface area contributed by atoms with Crippen LogP contribution in [0.5, 0.6) is 0 Å². The Morgan fingerprint density at radius 3 is 2.86 bits per heavy atom. The summed E-state index contributed by atoms with van der Waals surface area (Å²) in [6, 6.07) is 4.15. The predicted octanol–water partition coefficient (Wildman–Crippen LogP) is 1.45. The molecule has 1 N–H and O–H groups in total. The molecule has 2 fully saturated rings. The molecule has 0 radical (unpaired) electrons. The van der Waals surface area contributed by atoms with E-state index >= 15 is 0 Å². The number of piperidine rings is 1. The highest BCUT2D eigenvalue weighted by Gasteiger charge is 2.32. The van der Waals surface area contributed by atoms with Gasteiger partial charge in [-0.15, -0.1) is 0 Å². The van der Waals surface area contributed by atoms with E-state index in [1.165, 1.54) is 5.57 Å². The molecule has 3 rings (SSSR count). The number of furan rings is 1. The third kappa shape index (κ3) is 3.98. The molecule has 5 heteroatoms. The Bertz CT molecular complexity index is 480. The maximum Gasteiger partial charge on any atom is 0.126 e. The number of likely N-dealkylation sites (tertiary alicyclic amines) is 1. The Hall–Kier alpha value is -1.14. The summed E-state index contributed by atoms with van der Waals surface area (Å²) in [6.45, 7) is 8.23. The van der Waals surface area contributed by atoms with Gasteiger partial charge in [-0.3, -0.25) is 9.80 Å². The number of rotatable bonds is 4. The fraction of sp³-hybridized carbons (Fsp3) is 0.647. The second-order valence-corrected chi connectivity index (χ2v) is 6.31. The molecule has 0 bridgehead atoms. The van der Waals surface area contributed by atoms with Crippen molar-refractivity contribution in [2.24, 2.45) is 0 Å². The van der Waals surface area contributed by atoms with E-state index in [9.17, 15) is 5.11 Å². The zero-order valence-corrected chi connectivity index (χ0v) is 13.3. The van der Waals surface area contributed by atoms with Crippen molar-refractivity contribution < 1.29 is 14.3 Å². The normalized spacial score (nSPS) is 28.9. The third-order valence-corrected chi connectivity index (χ3v) is 4.55. The van der Waals surface area contributed by atoms with Crippen molar-refractivity contribution in [3.05, 3.63) is 29.7 Å². The monoisotopic (exact) mass is 306 g/mol. The van der Waals surface area contributed by atoms with Crippen molar-refractivity contribution in [3.63, 3.8) is 0 Å². The van der Waals surface area contributed by atoms with Crippen molar-refractivity contribution >= 4 is 6.08 Å². The Morgan fingerprint density at radius 1 is 1.36 bits per heavy atom. The van der Waals surface area contributed by atoms with Gasteiger partial charge in [0.1, 0.15) is 5.76 Å². The molecule has 122 valence electrons. The van der Waals surface area contributed by atoms with Crippen LogP contribution in [0, 0.1) is 0 Å². The van der Waals surface area contributed by atoms with Crippen LogP contribution in [0.25, 0.3) is 6.08 Å². The first-order valence-electron chi connectivity index (χ1n) is 8.15. The molecule has 0 saturated carbocycles. The summed E-state index contributed by atoms with van der Waals surface area (Å²) >= 11 is 0. The average molecular weight is 306 g/mol. The van der Waals surface area contributed by atoms with Crippen LogP contribution in [0.15, 0.2) is 28.4 Å². The highest BCUT2D eigenvalue weighted by Crippen LogP contribution is 2.19. The van der Waals surface area contributed by atoms with Gasteiger partial charge >= 0.3 is 0 Å². The molecule has 1 aromatic heterocycles. The van der Waals surface area contributed by atoms with Crippen molar-refractivity contribution in [3.8, 4) is 0 Å². The van der Waals surface area contributed by atoms with Gasteiger partial charge in [-0.1, -0.05) is 5.57 Å². The molecule has 2 saturated heterocycles. The van der Waals surface area contributed by atoms with Gasteiger partial charge in [0.05, 0.1) is 25.6 Å². The molecule has 0 amide bonds. The van der Waals surface area contributed by atoms with Crippen LogP contribution in [0.4, 0.5) is 0 Å². The van der Waals surface area contributed by atoms with Crippen LogP contribution in [-0.4, -0.2) is 73.0 Å². The number of hydrogen-bond acceptors (Lipinski definition) is 5. The summed E-state index contributed by atoms with van der Waals surface area (Å²) in [6.07, 6.45) is 4.51. The molecule has 22 heavy (non-hydrogen) atoms. The molecular weight excluding hydrogens is 280 g/mol. The number of β-amino-alcohol motifs (C(OH)–C–C–N with tert-alkyl or cyclic N) is 1. The molecule has 0 unspecified atom stereocenters. The van der Waals surface area contributed by atoms with Gasteiger partial charge in [0, 0.05) is 38.8 Å². The van der Waals surface area contributed by atoms with E-state index in [0.717, 1.165) is 58.1 Å². The summed E-state index contributed by atoms with van der Waals surface area (Å²) in [7, 11) is 0. The van der Waals surface area contributed by atoms with E-state index in [1.807, 2.05) is 12.1 Å². The lowest BCUT2D eigenvalue weighted by atomic mass is 9.99. The third-order valence-electron chi connectivity index (χ3n) is 4.55. The lowest BCUT2D eigenvalue weighted by Crippen LogP contribution is -2.56. The number of ether oxygens (including phenoxy) is 1. The zero-order chi connectivity index (χ0) is 15.4. The molecule has 0 spiro atoms. The van der Waals surface area contributed by atoms with Crippen molar-refractivity contribution in [1.29, 1.82) is 0 Å². The second kappa shape index (κ2) is 7.42. The fourth-order valence-electron chi connectivity index (χ4n) is 3.48. The van der Waals surface area contributed by atoms with Crippen LogP contribution < -0.4 is 0 Å². The maximum absolute atomic E-state index is 10.5. The lowest BCUT2D eigenvalue weighted by molar-refractivity contribution is -0.0506. The van der Waals surface area contributed by atoms with Crippen molar-refractivity contribution in [1.82, 2.24) is 9.80 Å². The molecule has 1 aromatic rings. The Kier molecular flexibility index (Phi) is 5.31. The van der Waals surface area contributed by atoms with E-state index in [0.29, 0.717) is 0 Å². The van der Waals surface area contributed by atoms with Gasteiger partial charge in [-0.05, 0) is 31.6 Å². The summed E-state index contributed by atoms with van der Waals surface area (Å²) < 4.78 is 10.7. The minimum Gasteiger partial charge on any atom is -0.465 e. The van der Waals surface area contributed by atoms with Gasteiger partial charge in [-0.2, -0.15) is 0 Å². The predicted molar refractivity (Wildman–Crippen MR) is 85.6 cm³/mol. The van der Waals surface area contributed by atoms with Crippen LogP contribution in [-0.2, 0) is 4.74 Å². The lowest BCUT2D eigenvalue weighted by Gasteiger charge is -2.43. The van der Waals surface area contributed by atoms with Crippen LogP contribution in [0.1, 0.15) is 19.1 Å². The van der Waals surface area contributed by atoms with Crippen molar-refractivity contribution in [2.75, 3.05) is 45.9 Å². The van der Waals surface area contributed by atoms with Crippen LogP contribution in [0.2, 0.25) is 0 Å². The molecule has 2 atom stereocenters. The number of hydrogen-bond donors (Lipinski definition) is 1. The summed E-state index contributed by atoms with van der Waals surface area (Å²) in [5, 5.41) is 10.5. The fourth-order valence-corrected chi connectivity index (χ4v) is 3.48. The molecule has 2 aliphatic rings. The number of morpholine rings is 1. The zero-order valence-electron chi connectivity index (χ0n) is 13.3. The molecule has 3 heterocycles. The summed E-state index contributed by atoms with van der Waals surface area (Å²) in [4.78, 5) is 4.72. The summed E-state index contributed by atoms with van der Waals surface area (Å²) in [5.74, 6) is 0.890. The first-order valence-corrected chi connectivity index (χ1v) is 8.15. The molecule has 5 nitrogen and oxygen atoms in total. The van der Waals surface area contributed by atoms with Crippen molar-refractivity contribution in [2.45, 2.75) is 25.5 Å². The molecule has 0 aliphatic carbocycles. The van der Waals surface area contributed by atoms with E-state index in [4.69, 9.17) is 9.15 Å². The Morgan fingerprint density at radius 2 is 2.18 bits per heavy atom. The molecule has 0 aromatic carbocycles. The highest BCUT2D eigenvalue weighted by molar-refractivity contribution is 5.46. The second-order valence-electron chi connectivity index (χ2n) is 6.31. The number of aliphatic hydroxyl groups is 1. The van der Waals surface area contributed by atoms with Gasteiger partial charge < -0.3 is 14.3 Å². The van der Waals surface area contributed by atoms with Gasteiger partial charge in [0.15, 0.2) is 0 Å². The minimum atomic E-state index is -0.275. The van der Waals surface area contributed by atoms with Gasteiger partial charge in [-0.25, -0.2) is 0 Å². The van der Waals surface area contributed by atoms with E-state index in [1.54, 1.807) is 6.26 Å². The smallest absolute Gasteiger partial charge is 0.126 e. The number of aliphatic hydroxyl groups excluding tert-OH is 1. The Balaban J connectivity index is 1.51. The maximum atomic E-state index is 10.5. The largest absolute Gasteiger partial charge is 0.465 e. The average Bonchev–Trinajstić information content (AvgIpc) is 3.01. The van der Waals surface area contributed by atoms with E-state index < -0.39 is 0 Å². The van der Waals surface area contributed by atoms with Gasteiger partial charge in [0.25, 0.3) is 0 Å². The Labute approximate surface area is 132 Å². The number of nitrogens with zero attached hydrogens (tertiary/aromatic N) is 2. The standard InChI is InChI=1S/C17H26N2O3/c1-14(11-15-3-2-8-22-15)12-18-5-4-16(17(20)13-18)19-6-9-21-10-7-19/h2-3,8,11,16-17,20H,4-7,9-10,12-13H2,1H3/t16-,17-/m1/s1. The SMILES string of the molecule is CC(=Cc1ccco1)CN1CC[C@@H](N2CCOCC2)[C@H](O)C1. The van der Waals surface area contributed by atoms with E-state index in [-0.39, 0.29) is 12.1 Å². The molecular formula is C17H26N2O3. The van der Waals surface area contributed by atoms with Crippen LogP contribution >= 0.6 is 0 Å². The van der Waals surface area contributed by atoms with Crippen LogP contribution in [0.3, 0.4) is 0 Å². The topological polar surface area (TPSA) is 49.1 Å². The van der Waals surface area contributed by atoms with Gasteiger partial charge in [0.2, 0.25) is 0 Å². The molecule has 2 aliphatic heterocycles. The summed E-state index contributed by atoms with van der Waals surface area (Å²) in [5.41, 5.74) is 1.26.